The Labute approximate surface area is 133 Å². The topological polar surface area (TPSA) is 88.5 Å². The van der Waals surface area contributed by atoms with Crippen LogP contribution < -0.4 is 0 Å². The zero-order chi connectivity index (χ0) is 16.2. The molecule has 2 heterocycles. The van der Waals surface area contributed by atoms with Crippen molar-refractivity contribution in [2.24, 2.45) is 0 Å². The summed E-state index contributed by atoms with van der Waals surface area (Å²) < 4.78 is 5.29. The van der Waals surface area contributed by atoms with Crippen molar-refractivity contribution < 1.29 is 9.45 Å². The first-order chi connectivity index (χ1) is 11.2. The second-order valence-corrected chi connectivity index (χ2v) is 5.53. The molecule has 0 spiro atoms. The Bertz CT molecular complexity index is 679. The molecule has 1 aliphatic rings. The monoisotopic (exact) mass is 317 g/mol. The molecule has 0 radical (unpaired) electrons. The SMILES string of the molecule is CCN1CCN(Cc2nc(-c3cccc([N+](=O)[O-])c3)no2)CC1. The number of rotatable bonds is 5. The van der Waals surface area contributed by atoms with Crippen LogP contribution in [0.4, 0.5) is 5.69 Å². The Kier molecular flexibility index (Phi) is 4.63. The molecule has 0 atom stereocenters. The van der Waals surface area contributed by atoms with E-state index < -0.39 is 4.92 Å². The average Bonchev–Trinajstić information content (AvgIpc) is 3.04. The molecule has 0 saturated carbocycles. The van der Waals surface area contributed by atoms with Gasteiger partial charge in [-0.2, -0.15) is 4.98 Å². The van der Waals surface area contributed by atoms with Crippen molar-refractivity contribution in [3.8, 4) is 11.4 Å². The molecule has 1 fully saturated rings. The van der Waals surface area contributed by atoms with Crippen LogP contribution in [-0.2, 0) is 6.54 Å². The summed E-state index contributed by atoms with van der Waals surface area (Å²) in [6, 6.07) is 6.25. The third-order valence-electron chi connectivity index (χ3n) is 4.05. The van der Waals surface area contributed by atoms with Crippen LogP contribution in [0, 0.1) is 10.1 Å². The minimum atomic E-state index is -0.433. The van der Waals surface area contributed by atoms with Gasteiger partial charge in [-0.3, -0.25) is 15.0 Å². The summed E-state index contributed by atoms with van der Waals surface area (Å²) >= 11 is 0. The molecule has 1 aromatic carbocycles. The van der Waals surface area contributed by atoms with Gasteiger partial charge in [0.2, 0.25) is 11.7 Å². The van der Waals surface area contributed by atoms with Crippen LogP contribution in [-0.4, -0.2) is 57.6 Å². The van der Waals surface area contributed by atoms with E-state index >= 15 is 0 Å². The smallest absolute Gasteiger partial charge is 0.270 e. The third kappa shape index (κ3) is 3.72. The first-order valence-electron chi connectivity index (χ1n) is 7.68. The predicted octanol–water partition coefficient (Wildman–Crippen LogP) is 1.78. The van der Waals surface area contributed by atoms with E-state index in [0.29, 0.717) is 23.8 Å². The maximum absolute atomic E-state index is 10.8. The number of hydrogen-bond acceptors (Lipinski definition) is 7. The fourth-order valence-electron chi connectivity index (χ4n) is 2.65. The summed E-state index contributed by atoms with van der Waals surface area (Å²) in [7, 11) is 0. The van der Waals surface area contributed by atoms with Gasteiger partial charge < -0.3 is 9.42 Å². The van der Waals surface area contributed by atoms with Crippen LogP contribution in [0.5, 0.6) is 0 Å². The number of nitro groups is 1. The van der Waals surface area contributed by atoms with Gasteiger partial charge >= 0.3 is 0 Å². The highest BCUT2D eigenvalue weighted by Crippen LogP contribution is 2.21. The summed E-state index contributed by atoms with van der Waals surface area (Å²) in [4.78, 5) is 19.4. The fraction of sp³-hybridized carbons (Fsp3) is 0.467. The molecule has 3 rings (SSSR count). The summed E-state index contributed by atoms with van der Waals surface area (Å²) in [5, 5.41) is 14.8. The van der Waals surface area contributed by atoms with Crippen molar-refractivity contribution in [1.29, 1.82) is 0 Å². The van der Waals surface area contributed by atoms with E-state index in [1.54, 1.807) is 12.1 Å². The van der Waals surface area contributed by atoms with Crippen molar-refractivity contribution in [3.63, 3.8) is 0 Å². The lowest BCUT2D eigenvalue weighted by molar-refractivity contribution is -0.384. The number of aromatic nitrogens is 2. The lowest BCUT2D eigenvalue weighted by Gasteiger charge is -2.33. The van der Waals surface area contributed by atoms with Gasteiger partial charge in [-0.1, -0.05) is 24.2 Å². The van der Waals surface area contributed by atoms with Crippen molar-refractivity contribution in [3.05, 3.63) is 40.3 Å². The van der Waals surface area contributed by atoms with E-state index in [1.807, 2.05) is 0 Å². The maximum atomic E-state index is 10.8. The molecule has 1 saturated heterocycles. The molecule has 0 bridgehead atoms. The molecule has 0 unspecified atom stereocenters. The van der Waals surface area contributed by atoms with Crippen molar-refractivity contribution in [1.82, 2.24) is 19.9 Å². The minimum absolute atomic E-state index is 0.0181. The van der Waals surface area contributed by atoms with Crippen LogP contribution in [0.3, 0.4) is 0 Å². The molecule has 8 nitrogen and oxygen atoms in total. The van der Waals surface area contributed by atoms with E-state index in [4.69, 9.17) is 4.52 Å². The van der Waals surface area contributed by atoms with Crippen LogP contribution in [0.1, 0.15) is 12.8 Å². The number of hydrogen-bond donors (Lipinski definition) is 0. The Balaban J connectivity index is 1.66. The Morgan fingerprint density at radius 3 is 2.70 bits per heavy atom. The van der Waals surface area contributed by atoms with Gasteiger partial charge in [-0.15, -0.1) is 0 Å². The molecular weight excluding hydrogens is 298 g/mol. The summed E-state index contributed by atoms with van der Waals surface area (Å²) in [5.41, 5.74) is 0.606. The molecule has 8 heteroatoms. The van der Waals surface area contributed by atoms with Gasteiger partial charge in [0, 0.05) is 43.9 Å². The molecule has 2 aromatic rings. The van der Waals surface area contributed by atoms with Crippen LogP contribution >= 0.6 is 0 Å². The average molecular weight is 317 g/mol. The van der Waals surface area contributed by atoms with Gasteiger partial charge in [0.15, 0.2) is 0 Å². The van der Waals surface area contributed by atoms with E-state index in [9.17, 15) is 10.1 Å². The van der Waals surface area contributed by atoms with Crippen LogP contribution in [0.15, 0.2) is 28.8 Å². The van der Waals surface area contributed by atoms with Gasteiger partial charge in [0.1, 0.15) is 0 Å². The van der Waals surface area contributed by atoms with Crippen LogP contribution in [0.25, 0.3) is 11.4 Å². The summed E-state index contributed by atoms with van der Waals surface area (Å²) in [6.07, 6.45) is 0. The zero-order valence-electron chi connectivity index (χ0n) is 13.0. The molecule has 0 aliphatic carbocycles. The number of piperazine rings is 1. The number of likely N-dealkylation sites (N-methyl/N-ethyl adjacent to an activating group) is 1. The molecule has 23 heavy (non-hydrogen) atoms. The van der Waals surface area contributed by atoms with Crippen LogP contribution in [0.2, 0.25) is 0 Å². The first kappa shape index (κ1) is 15.6. The molecule has 1 aromatic heterocycles. The van der Waals surface area contributed by atoms with E-state index in [0.717, 1.165) is 32.7 Å². The Morgan fingerprint density at radius 1 is 1.26 bits per heavy atom. The number of non-ortho nitro benzene ring substituents is 1. The first-order valence-corrected chi connectivity index (χ1v) is 7.68. The Morgan fingerprint density at radius 2 is 2.00 bits per heavy atom. The molecule has 122 valence electrons. The summed E-state index contributed by atoms with van der Waals surface area (Å²) in [5.74, 6) is 0.923. The second-order valence-electron chi connectivity index (χ2n) is 5.53. The molecular formula is C15H19N5O3. The van der Waals surface area contributed by atoms with E-state index in [1.165, 1.54) is 12.1 Å². The van der Waals surface area contributed by atoms with E-state index in [-0.39, 0.29) is 5.69 Å². The zero-order valence-corrected chi connectivity index (χ0v) is 13.0. The maximum Gasteiger partial charge on any atom is 0.270 e. The van der Waals surface area contributed by atoms with Gasteiger partial charge in [-0.05, 0) is 6.54 Å². The summed E-state index contributed by atoms with van der Waals surface area (Å²) in [6.45, 7) is 7.89. The van der Waals surface area contributed by atoms with Gasteiger partial charge in [-0.25, -0.2) is 0 Å². The lowest BCUT2D eigenvalue weighted by atomic mass is 10.2. The molecule has 0 N–H and O–H groups in total. The van der Waals surface area contributed by atoms with Gasteiger partial charge in [0.05, 0.1) is 11.5 Å². The number of benzene rings is 1. The number of nitro benzene ring substituents is 1. The molecule has 0 amide bonds. The van der Waals surface area contributed by atoms with Gasteiger partial charge in [0.25, 0.3) is 5.69 Å². The molecule has 1 aliphatic heterocycles. The third-order valence-corrected chi connectivity index (χ3v) is 4.05. The normalized spacial score (nSPS) is 16.6. The van der Waals surface area contributed by atoms with Crippen molar-refractivity contribution >= 4 is 5.69 Å². The van der Waals surface area contributed by atoms with Crippen molar-refractivity contribution in [2.75, 3.05) is 32.7 Å². The lowest BCUT2D eigenvalue weighted by Crippen LogP contribution is -2.45. The Hall–Kier alpha value is -2.32. The fourth-order valence-corrected chi connectivity index (χ4v) is 2.65. The minimum Gasteiger partial charge on any atom is -0.338 e. The quantitative estimate of drug-likeness (QED) is 0.613. The predicted molar refractivity (Wildman–Crippen MR) is 83.8 cm³/mol. The van der Waals surface area contributed by atoms with Crippen molar-refractivity contribution in [2.45, 2.75) is 13.5 Å². The highest BCUT2D eigenvalue weighted by atomic mass is 16.6. The highest BCUT2D eigenvalue weighted by molar-refractivity contribution is 5.58. The van der Waals surface area contributed by atoms with E-state index in [2.05, 4.69) is 26.9 Å². The largest absolute Gasteiger partial charge is 0.338 e. The highest BCUT2D eigenvalue weighted by Gasteiger charge is 2.19. The standard InChI is InChI=1S/C15H19N5O3/c1-2-18-6-8-19(9-7-18)11-14-16-15(17-23-14)12-4-3-5-13(10-12)20(21)22/h3-5,10H,2,6-9,11H2,1H3. The number of nitrogens with zero attached hydrogens (tertiary/aromatic N) is 5. The second kappa shape index (κ2) is 6.84.